The van der Waals surface area contributed by atoms with Crippen LogP contribution in [0.25, 0.3) is 0 Å². The average molecular weight is 407 g/mol. The van der Waals surface area contributed by atoms with Crippen LogP contribution >= 0.6 is 0 Å². The molecule has 0 amide bonds. The van der Waals surface area contributed by atoms with Crippen molar-refractivity contribution in [1.29, 1.82) is 0 Å². The first-order chi connectivity index (χ1) is 13.7. The zero-order valence-corrected chi connectivity index (χ0v) is 18.1. The molecule has 1 N–H and O–H groups in total. The van der Waals surface area contributed by atoms with Gasteiger partial charge in [-0.2, -0.15) is 13.2 Å². The number of piperazine rings is 1. The van der Waals surface area contributed by atoms with Crippen molar-refractivity contribution in [3.63, 3.8) is 0 Å². The summed E-state index contributed by atoms with van der Waals surface area (Å²) in [7, 11) is 0. The summed E-state index contributed by atoms with van der Waals surface area (Å²) in [6.07, 6.45) is -4.31. The predicted octanol–water partition coefficient (Wildman–Crippen LogP) is 6.14. The van der Waals surface area contributed by atoms with Crippen LogP contribution in [0, 0.1) is 5.41 Å². The molecule has 160 valence electrons. The van der Waals surface area contributed by atoms with Gasteiger partial charge in [-0.1, -0.05) is 77.1 Å². The molecule has 1 saturated heterocycles. The molecule has 2 aromatic carbocycles. The highest BCUT2D eigenvalue weighted by Gasteiger charge is 2.34. The predicted molar refractivity (Wildman–Crippen MR) is 114 cm³/mol. The van der Waals surface area contributed by atoms with E-state index in [-0.39, 0.29) is 11.5 Å². The summed E-state index contributed by atoms with van der Waals surface area (Å²) in [5.74, 6) is 0. The SMILES string of the molecule is CC.CC(C)(C)C1CN(C(c2ccccc2)c2ccc(C(F)(F)F)cc2)CCN1. The highest BCUT2D eigenvalue weighted by atomic mass is 19.4. The summed E-state index contributed by atoms with van der Waals surface area (Å²) < 4.78 is 38.9. The lowest BCUT2D eigenvalue weighted by molar-refractivity contribution is -0.137. The van der Waals surface area contributed by atoms with Crippen LogP contribution in [0.4, 0.5) is 13.2 Å². The van der Waals surface area contributed by atoms with Crippen LogP contribution in [-0.2, 0) is 6.18 Å². The minimum Gasteiger partial charge on any atom is -0.311 e. The summed E-state index contributed by atoms with van der Waals surface area (Å²) in [4.78, 5) is 2.38. The molecule has 1 aliphatic heterocycles. The van der Waals surface area contributed by atoms with E-state index in [2.05, 4.69) is 43.1 Å². The Morgan fingerprint density at radius 1 is 0.897 bits per heavy atom. The van der Waals surface area contributed by atoms with Crippen LogP contribution in [0.1, 0.15) is 57.4 Å². The Bertz CT molecular complexity index is 733. The van der Waals surface area contributed by atoms with E-state index in [1.54, 1.807) is 12.1 Å². The number of halogens is 3. The molecular weight excluding hydrogens is 373 g/mol. The monoisotopic (exact) mass is 406 g/mol. The number of rotatable bonds is 3. The molecule has 0 bridgehead atoms. The number of alkyl halides is 3. The van der Waals surface area contributed by atoms with Crippen LogP contribution in [-0.4, -0.2) is 30.6 Å². The zero-order valence-electron chi connectivity index (χ0n) is 18.1. The molecule has 2 aromatic rings. The first kappa shape index (κ1) is 23.4. The first-order valence-corrected chi connectivity index (χ1v) is 10.4. The fourth-order valence-corrected chi connectivity index (χ4v) is 3.69. The van der Waals surface area contributed by atoms with Crippen molar-refractivity contribution in [2.45, 2.75) is 52.9 Å². The van der Waals surface area contributed by atoms with E-state index in [0.29, 0.717) is 6.04 Å². The lowest BCUT2D eigenvalue weighted by Gasteiger charge is -2.44. The fraction of sp³-hybridized carbons (Fsp3) is 0.500. The van der Waals surface area contributed by atoms with Crippen molar-refractivity contribution >= 4 is 0 Å². The molecule has 3 rings (SSSR count). The molecular formula is C24H33F3N2. The Balaban J connectivity index is 0.00000145. The number of nitrogens with one attached hydrogen (secondary N) is 1. The molecule has 0 aromatic heterocycles. The summed E-state index contributed by atoms with van der Waals surface area (Å²) in [5.41, 5.74) is 1.50. The van der Waals surface area contributed by atoms with Gasteiger partial charge >= 0.3 is 6.18 Å². The number of hydrogen-bond acceptors (Lipinski definition) is 2. The van der Waals surface area contributed by atoms with E-state index >= 15 is 0 Å². The van der Waals surface area contributed by atoms with E-state index in [1.807, 2.05) is 32.0 Å². The average Bonchev–Trinajstić information content (AvgIpc) is 2.70. The Morgan fingerprint density at radius 3 is 1.97 bits per heavy atom. The number of hydrogen-bond donors (Lipinski definition) is 1. The third kappa shape index (κ3) is 6.06. The quantitative estimate of drug-likeness (QED) is 0.658. The van der Waals surface area contributed by atoms with Crippen molar-refractivity contribution in [2.75, 3.05) is 19.6 Å². The fourth-order valence-electron chi connectivity index (χ4n) is 3.69. The standard InChI is InChI=1S/C22H27F3N2.C2H6/c1-21(2,3)19-15-27(14-13-26-19)20(16-7-5-4-6-8-16)17-9-11-18(12-10-17)22(23,24)25;1-2/h4-12,19-20,26H,13-15H2,1-3H3;1-2H3. The van der Waals surface area contributed by atoms with Crippen molar-refractivity contribution < 1.29 is 13.2 Å². The van der Waals surface area contributed by atoms with Gasteiger partial charge in [-0.25, -0.2) is 0 Å². The van der Waals surface area contributed by atoms with Crippen LogP contribution in [0.2, 0.25) is 0 Å². The second kappa shape index (κ2) is 9.77. The van der Waals surface area contributed by atoms with E-state index < -0.39 is 11.7 Å². The van der Waals surface area contributed by atoms with E-state index in [4.69, 9.17) is 0 Å². The van der Waals surface area contributed by atoms with Gasteiger partial charge in [0.15, 0.2) is 0 Å². The largest absolute Gasteiger partial charge is 0.416 e. The van der Waals surface area contributed by atoms with Gasteiger partial charge in [0.05, 0.1) is 11.6 Å². The molecule has 0 saturated carbocycles. The van der Waals surface area contributed by atoms with Gasteiger partial charge in [0.1, 0.15) is 0 Å². The summed E-state index contributed by atoms with van der Waals surface area (Å²) in [6, 6.07) is 15.9. The molecule has 1 heterocycles. The third-order valence-electron chi connectivity index (χ3n) is 5.29. The molecule has 2 atom stereocenters. The summed E-state index contributed by atoms with van der Waals surface area (Å²) in [5, 5.41) is 3.59. The smallest absolute Gasteiger partial charge is 0.311 e. The van der Waals surface area contributed by atoms with Gasteiger partial charge < -0.3 is 5.32 Å². The number of benzene rings is 2. The molecule has 2 nitrogen and oxygen atoms in total. The van der Waals surface area contributed by atoms with Gasteiger partial charge in [-0.05, 0) is 28.7 Å². The Morgan fingerprint density at radius 2 is 1.45 bits per heavy atom. The third-order valence-corrected chi connectivity index (χ3v) is 5.29. The van der Waals surface area contributed by atoms with E-state index in [9.17, 15) is 13.2 Å². The minimum atomic E-state index is -4.31. The van der Waals surface area contributed by atoms with Gasteiger partial charge in [0.25, 0.3) is 0 Å². The van der Waals surface area contributed by atoms with Crippen LogP contribution in [0.3, 0.4) is 0 Å². The van der Waals surface area contributed by atoms with E-state index in [0.717, 1.165) is 30.8 Å². The van der Waals surface area contributed by atoms with Crippen LogP contribution in [0.15, 0.2) is 54.6 Å². The molecule has 0 radical (unpaired) electrons. The minimum absolute atomic E-state index is 0.0552. The first-order valence-electron chi connectivity index (χ1n) is 10.4. The van der Waals surface area contributed by atoms with E-state index in [1.165, 1.54) is 12.1 Å². The second-order valence-electron chi connectivity index (χ2n) is 8.30. The van der Waals surface area contributed by atoms with Crippen LogP contribution < -0.4 is 5.32 Å². The molecule has 5 heteroatoms. The van der Waals surface area contributed by atoms with Crippen molar-refractivity contribution in [2.24, 2.45) is 5.41 Å². The van der Waals surface area contributed by atoms with Gasteiger partial charge in [-0.3, -0.25) is 4.90 Å². The molecule has 2 unspecified atom stereocenters. The van der Waals surface area contributed by atoms with Gasteiger partial charge in [0, 0.05) is 25.7 Å². The zero-order chi connectivity index (χ0) is 21.7. The van der Waals surface area contributed by atoms with Crippen LogP contribution in [0.5, 0.6) is 0 Å². The Hall–Kier alpha value is -1.85. The topological polar surface area (TPSA) is 15.3 Å². The molecule has 0 spiro atoms. The highest BCUT2D eigenvalue weighted by Crippen LogP contribution is 2.34. The van der Waals surface area contributed by atoms with Gasteiger partial charge in [0.2, 0.25) is 0 Å². The maximum absolute atomic E-state index is 13.0. The lowest BCUT2D eigenvalue weighted by atomic mass is 9.84. The Kier molecular flexibility index (Phi) is 7.89. The van der Waals surface area contributed by atoms with Gasteiger partial charge in [-0.15, -0.1) is 0 Å². The molecule has 1 fully saturated rings. The number of nitrogens with zero attached hydrogens (tertiary/aromatic N) is 1. The van der Waals surface area contributed by atoms with Crippen molar-refractivity contribution in [3.8, 4) is 0 Å². The van der Waals surface area contributed by atoms with Crippen molar-refractivity contribution in [3.05, 3.63) is 71.3 Å². The Labute approximate surface area is 173 Å². The summed E-state index contributed by atoms with van der Waals surface area (Å²) >= 11 is 0. The maximum atomic E-state index is 13.0. The lowest BCUT2D eigenvalue weighted by Crippen LogP contribution is -2.56. The molecule has 29 heavy (non-hydrogen) atoms. The van der Waals surface area contributed by atoms with Crippen molar-refractivity contribution in [1.82, 2.24) is 10.2 Å². The summed E-state index contributed by atoms with van der Waals surface area (Å²) in [6.45, 7) is 13.2. The normalized spacial score (nSPS) is 19.2. The highest BCUT2D eigenvalue weighted by molar-refractivity contribution is 5.34. The molecule has 0 aliphatic carbocycles. The maximum Gasteiger partial charge on any atom is 0.416 e. The molecule has 1 aliphatic rings. The second-order valence-corrected chi connectivity index (χ2v) is 8.30.